The minimum atomic E-state index is -0.650. The first-order chi connectivity index (χ1) is 9.13. The largest absolute Gasteiger partial charge is 0.481 e. The van der Waals surface area contributed by atoms with Gasteiger partial charge >= 0.3 is 5.97 Å². The Hall–Kier alpha value is -1.38. The standard InChI is InChI=1S/C16H23NO2/c1-3-4-12-5-6-13(16(18)19)14(9-12)15-10-17-8-7-11(15)2/h7-8,10,12-14H,3-6,9H2,1-2H3,(H,18,19). The molecule has 1 aromatic rings. The number of carbonyl (C=O) groups is 1. The van der Waals surface area contributed by atoms with Crippen LogP contribution >= 0.6 is 0 Å². The van der Waals surface area contributed by atoms with Crippen molar-refractivity contribution in [3.8, 4) is 0 Å². The van der Waals surface area contributed by atoms with E-state index in [4.69, 9.17) is 0 Å². The van der Waals surface area contributed by atoms with Gasteiger partial charge in [0.05, 0.1) is 5.92 Å². The highest BCUT2D eigenvalue weighted by Gasteiger charge is 2.36. The fraction of sp³-hybridized carbons (Fsp3) is 0.625. The van der Waals surface area contributed by atoms with Gasteiger partial charge in [0.25, 0.3) is 0 Å². The number of aromatic nitrogens is 1. The Kier molecular flexibility index (Phi) is 4.56. The van der Waals surface area contributed by atoms with Gasteiger partial charge in [-0.25, -0.2) is 0 Å². The van der Waals surface area contributed by atoms with Gasteiger partial charge in [-0.2, -0.15) is 0 Å². The van der Waals surface area contributed by atoms with Gasteiger partial charge in [-0.3, -0.25) is 9.78 Å². The summed E-state index contributed by atoms with van der Waals surface area (Å²) in [6, 6.07) is 1.98. The number of hydrogen-bond acceptors (Lipinski definition) is 2. The molecule has 0 bridgehead atoms. The number of hydrogen-bond donors (Lipinski definition) is 1. The second-order valence-corrected chi connectivity index (χ2v) is 5.75. The molecule has 0 spiro atoms. The maximum atomic E-state index is 11.5. The second kappa shape index (κ2) is 6.18. The molecular formula is C16H23NO2. The molecule has 0 saturated heterocycles. The smallest absolute Gasteiger partial charge is 0.307 e. The van der Waals surface area contributed by atoms with E-state index in [-0.39, 0.29) is 11.8 Å². The highest BCUT2D eigenvalue weighted by atomic mass is 16.4. The van der Waals surface area contributed by atoms with Gasteiger partial charge < -0.3 is 5.11 Å². The SMILES string of the molecule is CCCC1CCC(C(=O)O)C(c2cnccc2C)C1. The third-order valence-corrected chi connectivity index (χ3v) is 4.45. The van der Waals surface area contributed by atoms with Gasteiger partial charge in [0.15, 0.2) is 0 Å². The average molecular weight is 261 g/mol. The van der Waals surface area contributed by atoms with E-state index in [1.165, 1.54) is 18.4 Å². The van der Waals surface area contributed by atoms with E-state index in [2.05, 4.69) is 18.8 Å². The van der Waals surface area contributed by atoms with Gasteiger partial charge in [-0.1, -0.05) is 19.8 Å². The van der Waals surface area contributed by atoms with Crippen molar-refractivity contribution in [3.05, 3.63) is 29.6 Å². The van der Waals surface area contributed by atoms with Crippen LogP contribution in [0.15, 0.2) is 18.5 Å². The van der Waals surface area contributed by atoms with Crippen LogP contribution in [0, 0.1) is 18.8 Å². The topological polar surface area (TPSA) is 50.2 Å². The quantitative estimate of drug-likeness (QED) is 0.897. The Morgan fingerprint density at radius 1 is 1.47 bits per heavy atom. The molecule has 0 radical (unpaired) electrons. The number of carboxylic acid groups (broad SMARTS) is 1. The second-order valence-electron chi connectivity index (χ2n) is 5.75. The first-order valence-corrected chi connectivity index (χ1v) is 7.26. The zero-order chi connectivity index (χ0) is 13.8. The van der Waals surface area contributed by atoms with Crippen LogP contribution < -0.4 is 0 Å². The van der Waals surface area contributed by atoms with E-state index in [0.717, 1.165) is 24.8 Å². The predicted octanol–water partition coefficient (Wildman–Crippen LogP) is 3.77. The van der Waals surface area contributed by atoms with Gasteiger partial charge in [0.1, 0.15) is 0 Å². The molecular weight excluding hydrogens is 238 g/mol. The Labute approximate surface area is 115 Å². The van der Waals surface area contributed by atoms with Crippen molar-refractivity contribution in [2.24, 2.45) is 11.8 Å². The van der Waals surface area contributed by atoms with Crippen LogP contribution in [-0.2, 0) is 4.79 Å². The summed E-state index contributed by atoms with van der Waals surface area (Å²) in [7, 11) is 0. The van der Waals surface area contributed by atoms with Crippen molar-refractivity contribution in [3.63, 3.8) is 0 Å². The molecule has 104 valence electrons. The molecule has 3 heteroatoms. The van der Waals surface area contributed by atoms with Crippen molar-refractivity contribution in [1.29, 1.82) is 0 Å². The predicted molar refractivity (Wildman–Crippen MR) is 75.1 cm³/mol. The molecule has 1 aliphatic rings. The van der Waals surface area contributed by atoms with Crippen molar-refractivity contribution in [1.82, 2.24) is 4.98 Å². The van der Waals surface area contributed by atoms with E-state index in [1.807, 2.05) is 12.3 Å². The van der Waals surface area contributed by atoms with Crippen LogP contribution in [0.4, 0.5) is 0 Å². The number of nitrogens with zero attached hydrogens (tertiary/aromatic N) is 1. The molecule has 0 amide bonds. The van der Waals surface area contributed by atoms with Gasteiger partial charge in [0, 0.05) is 12.4 Å². The minimum Gasteiger partial charge on any atom is -0.481 e. The average Bonchev–Trinajstić information content (AvgIpc) is 2.39. The monoisotopic (exact) mass is 261 g/mol. The Bertz CT molecular complexity index is 444. The van der Waals surface area contributed by atoms with Crippen LogP contribution in [0.5, 0.6) is 0 Å². The molecule has 1 heterocycles. The third-order valence-electron chi connectivity index (χ3n) is 4.45. The molecule has 19 heavy (non-hydrogen) atoms. The maximum Gasteiger partial charge on any atom is 0.307 e. The number of pyridine rings is 1. The van der Waals surface area contributed by atoms with Crippen molar-refractivity contribution >= 4 is 5.97 Å². The maximum absolute atomic E-state index is 11.5. The first kappa shape index (κ1) is 14.0. The number of aliphatic carboxylic acids is 1. The van der Waals surface area contributed by atoms with E-state index >= 15 is 0 Å². The lowest BCUT2D eigenvalue weighted by molar-refractivity contribution is -0.143. The molecule has 3 atom stereocenters. The minimum absolute atomic E-state index is 0.136. The van der Waals surface area contributed by atoms with E-state index in [9.17, 15) is 9.90 Å². The van der Waals surface area contributed by atoms with Crippen LogP contribution in [0.1, 0.15) is 56.1 Å². The molecule has 3 unspecified atom stereocenters. The summed E-state index contributed by atoms with van der Waals surface area (Å²) in [5, 5.41) is 9.46. The Morgan fingerprint density at radius 3 is 2.89 bits per heavy atom. The van der Waals surface area contributed by atoms with Crippen molar-refractivity contribution < 1.29 is 9.90 Å². The van der Waals surface area contributed by atoms with Crippen LogP contribution in [0.25, 0.3) is 0 Å². The fourth-order valence-corrected chi connectivity index (χ4v) is 3.43. The van der Waals surface area contributed by atoms with E-state index in [1.54, 1.807) is 6.20 Å². The molecule has 3 nitrogen and oxygen atoms in total. The summed E-state index contributed by atoms with van der Waals surface area (Å²) < 4.78 is 0. The summed E-state index contributed by atoms with van der Waals surface area (Å²) in [6.45, 7) is 4.26. The van der Waals surface area contributed by atoms with Crippen molar-refractivity contribution in [2.75, 3.05) is 0 Å². The number of rotatable bonds is 4. The lowest BCUT2D eigenvalue weighted by atomic mass is 9.69. The summed E-state index contributed by atoms with van der Waals surface area (Å²) in [5.74, 6) is -0.0825. The number of aryl methyl sites for hydroxylation is 1. The van der Waals surface area contributed by atoms with Gasteiger partial charge in [-0.15, -0.1) is 0 Å². The molecule has 1 N–H and O–H groups in total. The highest BCUT2D eigenvalue weighted by molar-refractivity contribution is 5.71. The molecule has 2 rings (SSSR count). The van der Waals surface area contributed by atoms with Gasteiger partial charge in [0.2, 0.25) is 0 Å². The lowest BCUT2D eigenvalue weighted by Crippen LogP contribution is -2.29. The highest BCUT2D eigenvalue weighted by Crippen LogP contribution is 2.42. The molecule has 1 fully saturated rings. The third kappa shape index (κ3) is 3.14. The summed E-state index contributed by atoms with van der Waals surface area (Å²) >= 11 is 0. The molecule has 0 aliphatic heterocycles. The summed E-state index contributed by atoms with van der Waals surface area (Å²) in [5.41, 5.74) is 2.30. The Morgan fingerprint density at radius 2 is 2.26 bits per heavy atom. The fourth-order valence-electron chi connectivity index (χ4n) is 3.43. The zero-order valence-electron chi connectivity index (χ0n) is 11.8. The van der Waals surface area contributed by atoms with Crippen LogP contribution in [-0.4, -0.2) is 16.1 Å². The molecule has 0 aromatic carbocycles. The first-order valence-electron chi connectivity index (χ1n) is 7.26. The van der Waals surface area contributed by atoms with Gasteiger partial charge in [-0.05, 0) is 55.2 Å². The lowest BCUT2D eigenvalue weighted by Gasteiger charge is -2.34. The Balaban J connectivity index is 2.25. The molecule has 1 saturated carbocycles. The van der Waals surface area contributed by atoms with E-state index < -0.39 is 5.97 Å². The number of carboxylic acids is 1. The molecule has 1 aromatic heterocycles. The summed E-state index contributed by atoms with van der Waals surface area (Å²) in [4.78, 5) is 15.7. The van der Waals surface area contributed by atoms with Crippen LogP contribution in [0.3, 0.4) is 0 Å². The van der Waals surface area contributed by atoms with Crippen LogP contribution in [0.2, 0.25) is 0 Å². The zero-order valence-corrected chi connectivity index (χ0v) is 11.8. The summed E-state index contributed by atoms with van der Waals surface area (Å²) in [6.07, 6.45) is 8.89. The van der Waals surface area contributed by atoms with E-state index in [0.29, 0.717) is 5.92 Å². The molecule has 1 aliphatic carbocycles. The van der Waals surface area contributed by atoms with Crippen molar-refractivity contribution in [2.45, 2.75) is 51.9 Å². The normalized spacial score (nSPS) is 27.2.